The van der Waals surface area contributed by atoms with Gasteiger partial charge in [-0.15, -0.1) is 0 Å². The van der Waals surface area contributed by atoms with Gasteiger partial charge in [0, 0.05) is 69.9 Å². The number of benzene rings is 3. The molecule has 0 radical (unpaired) electrons. The monoisotopic (exact) mass is 590 g/mol. The van der Waals surface area contributed by atoms with E-state index < -0.39 is 0 Å². The van der Waals surface area contributed by atoms with Gasteiger partial charge in [0.1, 0.15) is 16.5 Å². The van der Waals surface area contributed by atoms with Crippen LogP contribution >= 0.6 is 0 Å². The maximum absolute atomic E-state index is 5.27. The van der Waals surface area contributed by atoms with Crippen LogP contribution in [0.4, 0.5) is 0 Å². The highest BCUT2D eigenvalue weighted by Crippen LogP contribution is 2.37. The van der Waals surface area contributed by atoms with E-state index in [2.05, 4.69) is 67.3 Å². The van der Waals surface area contributed by atoms with Crippen molar-refractivity contribution in [2.24, 2.45) is 0 Å². The van der Waals surface area contributed by atoms with Crippen molar-refractivity contribution >= 4 is 60.5 Å². The van der Waals surface area contributed by atoms with Gasteiger partial charge >= 0.3 is 0 Å². The van der Waals surface area contributed by atoms with Gasteiger partial charge in [0.05, 0.1) is 22.9 Å². The first kappa shape index (κ1) is 24.9. The predicted molar refractivity (Wildman–Crippen MR) is 180 cm³/mol. The molecule has 3 aromatic carbocycles. The summed E-state index contributed by atoms with van der Waals surface area (Å²) < 4.78 is 4.53. The Morgan fingerprint density at radius 3 is 1.70 bits per heavy atom. The number of hydrogen-bond acceptors (Lipinski definition) is 6. The van der Waals surface area contributed by atoms with E-state index in [1.165, 1.54) is 0 Å². The minimum atomic E-state index is 0.754. The number of para-hydroxylation sites is 2. The molecule has 0 spiro atoms. The Hall–Kier alpha value is -6.54. The molecule has 0 saturated carbocycles. The molecule has 0 aliphatic heterocycles. The van der Waals surface area contributed by atoms with Crippen LogP contribution in [0, 0.1) is 0 Å². The number of pyridine rings is 2. The van der Waals surface area contributed by atoms with Crippen molar-refractivity contribution in [3.8, 4) is 11.3 Å². The Kier molecular flexibility index (Phi) is 5.12. The Bertz CT molecular complexity index is 2800. The molecule has 0 unspecified atom stereocenters. The van der Waals surface area contributed by atoms with E-state index in [9.17, 15) is 0 Å². The molecular weight excluding hydrogens is 568 g/mol. The highest BCUT2D eigenvalue weighted by molar-refractivity contribution is 6.22. The molecule has 0 aliphatic rings. The molecule has 0 N–H and O–H groups in total. The molecule has 0 amide bonds. The van der Waals surface area contributed by atoms with Gasteiger partial charge in [-0.3, -0.25) is 23.8 Å². The fourth-order valence-corrected chi connectivity index (χ4v) is 6.95. The second-order valence-corrected chi connectivity index (χ2v) is 11.3. The zero-order valence-corrected chi connectivity index (χ0v) is 24.3. The fraction of sp³-hybridized carbons (Fsp3) is 0. The molecule has 214 valence electrons. The highest BCUT2D eigenvalue weighted by Gasteiger charge is 2.23. The molecule has 0 saturated heterocycles. The van der Waals surface area contributed by atoms with Crippen molar-refractivity contribution in [1.82, 2.24) is 38.7 Å². The number of nitrogens with zero attached hydrogens (tertiary/aromatic N) is 8. The van der Waals surface area contributed by atoms with Gasteiger partial charge in [-0.05, 0) is 35.4 Å². The van der Waals surface area contributed by atoms with Crippen molar-refractivity contribution in [2.75, 3.05) is 0 Å². The third kappa shape index (κ3) is 3.38. The average Bonchev–Trinajstić information content (AvgIpc) is 3.60. The lowest BCUT2D eigenvalue weighted by atomic mass is 10.0. The number of aromatic nitrogens is 8. The van der Waals surface area contributed by atoms with Crippen molar-refractivity contribution < 1.29 is 0 Å². The lowest BCUT2D eigenvalue weighted by molar-refractivity contribution is 0.997. The van der Waals surface area contributed by atoms with Crippen LogP contribution in [0.25, 0.3) is 71.7 Å². The van der Waals surface area contributed by atoms with Gasteiger partial charge in [-0.25, -0.2) is 15.0 Å². The van der Waals surface area contributed by atoms with E-state index in [1.807, 2.05) is 73.4 Å². The van der Waals surface area contributed by atoms with E-state index in [1.54, 1.807) is 12.4 Å². The Balaban J connectivity index is 1.60. The predicted octanol–water partition coefficient (Wildman–Crippen LogP) is 6.81. The highest BCUT2D eigenvalue weighted by atomic mass is 15.1. The lowest BCUT2D eigenvalue weighted by Gasteiger charge is -2.11. The van der Waals surface area contributed by atoms with Gasteiger partial charge in [-0.1, -0.05) is 66.7 Å². The van der Waals surface area contributed by atoms with Crippen LogP contribution in [0.3, 0.4) is 0 Å². The third-order valence-corrected chi connectivity index (χ3v) is 8.83. The van der Waals surface area contributed by atoms with E-state index in [0.717, 1.165) is 88.3 Å². The summed E-state index contributed by atoms with van der Waals surface area (Å²) in [6, 6.07) is 31.2. The summed E-state index contributed by atoms with van der Waals surface area (Å²) in [4.78, 5) is 29.0. The van der Waals surface area contributed by atoms with Crippen LogP contribution in [0.5, 0.6) is 0 Å². The van der Waals surface area contributed by atoms with Gasteiger partial charge < -0.3 is 0 Å². The summed E-state index contributed by atoms with van der Waals surface area (Å²) in [5.41, 5.74) is 11.0. The van der Waals surface area contributed by atoms with Gasteiger partial charge in [0.15, 0.2) is 11.3 Å². The molecule has 8 heteroatoms. The summed E-state index contributed by atoms with van der Waals surface area (Å²) in [7, 11) is 0. The molecular formula is C38H22N8. The first-order valence-electron chi connectivity index (χ1n) is 15.0. The van der Waals surface area contributed by atoms with E-state index in [-0.39, 0.29) is 0 Å². The van der Waals surface area contributed by atoms with Gasteiger partial charge in [0.2, 0.25) is 0 Å². The fourth-order valence-electron chi connectivity index (χ4n) is 6.95. The van der Waals surface area contributed by atoms with Gasteiger partial charge in [-0.2, -0.15) is 0 Å². The topological polar surface area (TPSA) is 86.2 Å². The van der Waals surface area contributed by atoms with Crippen molar-refractivity contribution in [3.05, 3.63) is 151 Å². The molecule has 46 heavy (non-hydrogen) atoms. The summed E-state index contributed by atoms with van der Waals surface area (Å²) in [5, 5.41) is 4.24. The van der Waals surface area contributed by atoms with Crippen LogP contribution in [0.1, 0.15) is 11.1 Å². The van der Waals surface area contributed by atoms with Crippen molar-refractivity contribution in [3.63, 3.8) is 0 Å². The summed E-state index contributed by atoms with van der Waals surface area (Å²) in [5.74, 6) is 0. The van der Waals surface area contributed by atoms with E-state index in [0.29, 0.717) is 0 Å². The first-order chi connectivity index (χ1) is 22.9. The maximum atomic E-state index is 5.27. The van der Waals surface area contributed by atoms with Crippen LogP contribution in [-0.2, 0) is 0 Å². The largest absolute Gasteiger partial charge is 0.276 e. The van der Waals surface area contributed by atoms with Gasteiger partial charge in [0.25, 0.3) is 0 Å². The second kappa shape index (κ2) is 9.48. The van der Waals surface area contributed by atoms with Crippen LogP contribution < -0.4 is 5.48 Å². The first-order valence-corrected chi connectivity index (χ1v) is 15.0. The van der Waals surface area contributed by atoms with Crippen LogP contribution in [0.15, 0.2) is 134 Å². The quantitative estimate of drug-likeness (QED) is 0.225. The Morgan fingerprint density at radius 2 is 1.04 bits per heavy atom. The second-order valence-electron chi connectivity index (χ2n) is 11.3. The molecule has 0 bridgehead atoms. The smallest absolute Gasteiger partial charge is 0.165 e. The number of fused-ring (bicyclic) bond motifs is 7. The summed E-state index contributed by atoms with van der Waals surface area (Å²) in [6.45, 7) is 0. The molecule has 7 aromatic heterocycles. The summed E-state index contributed by atoms with van der Waals surface area (Å²) >= 11 is 0. The number of rotatable bonds is 3. The normalized spacial score (nSPS) is 11.9. The molecule has 8 nitrogen and oxygen atoms in total. The van der Waals surface area contributed by atoms with Crippen molar-refractivity contribution in [2.45, 2.75) is 0 Å². The standard InChI is InChI=1S/C38H22N8/c1-2-6-23(7-3-1)30-22-43-37-33(44-30)29-11-5-9-27-26-8-4-10-28-32-36(42-21-20-41-32)45(34(26)28)38(46(37)35(27)29)31(24-12-16-39-17-13-24)25-14-18-40-19-15-25/h1-22H. The molecule has 0 fully saturated rings. The molecule has 10 rings (SSSR count). The Labute approximate surface area is 261 Å². The SMILES string of the molecule is c1ccc(-c2cnc3c(n2)c2cccc4c5cccc6c7nccnc7n(c(=C(c7ccncc7)c7ccncc7)n3c42)c56)cc1. The van der Waals surface area contributed by atoms with E-state index in [4.69, 9.17) is 19.9 Å². The zero-order chi connectivity index (χ0) is 30.2. The third-order valence-electron chi connectivity index (χ3n) is 8.83. The molecule has 7 heterocycles. The minimum absolute atomic E-state index is 0.754. The minimum Gasteiger partial charge on any atom is -0.276 e. The number of hydrogen-bond donors (Lipinski definition) is 0. The van der Waals surface area contributed by atoms with Crippen LogP contribution in [-0.4, -0.2) is 38.7 Å². The van der Waals surface area contributed by atoms with E-state index >= 15 is 0 Å². The Morgan fingerprint density at radius 1 is 0.478 bits per heavy atom. The molecule has 0 aliphatic carbocycles. The lowest BCUT2D eigenvalue weighted by Crippen LogP contribution is -2.25. The van der Waals surface area contributed by atoms with Crippen molar-refractivity contribution in [1.29, 1.82) is 0 Å². The van der Waals surface area contributed by atoms with Crippen LogP contribution in [0.2, 0.25) is 0 Å². The zero-order valence-electron chi connectivity index (χ0n) is 24.3. The average molecular weight is 591 g/mol. The summed E-state index contributed by atoms with van der Waals surface area (Å²) in [6.07, 6.45) is 12.7. The maximum Gasteiger partial charge on any atom is 0.165 e. The molecule has 10 aromatic rings. The molecule has 0 atom stereocenters.